The third kappa shape index (κ3) is 2.01. The maximum Gasteiger partial charge on any atom is 0.149 e. The predicted molar refractivity (Wildman–Crippen MR) is 75.2 cm³/mol. The second kappa shape index (κ2) is 4.93. The molecule has 0 aliphatic heterocycles. The van der Waals surface area contributed by atoms with E-state index in [0.717, 1.165) is 36.3 Å². The Labute approximate surface area is 118 Å². The summed E-state index contributed by atoms with van der Waals surface area (Å²) >= 11 is 0. The van der Waals surface area contributed by atoms with Crippen LogP contribution in [0.25, 0.3) is 11.3 Å². The van der Waals surface area contributed by atoms with E-state index >= 15 is 0 Å². The van der Waals surface area contributed by atoms with Crippen molar-refractivity contribution in [3.8, 4) is 23.1 Å². The minimum Gasteiger partial charge on any atom is -0.497 e. The molecule has 0 atom stereocenters. The Bertz CT molecular complexity index is 671. The molecule has 4 heteroatoms. The van der Waals surface area contributed by atoms with Crippen LogP contribution in [0.4, 0.5) is 0 Å². The van der Waals surface area contributed by atoms with Crippen LogP contribution in [0.15, 0.2) is 36.5 Å². The summed E-state index contributed by atoms with van der Waals surface area (Å²) in [4.78, 5) is 8.90. The van der Waals surface area contributed by atoms with Gasteiger partial charge in [-0.15, -0.1) is 0 Å². The normalized spacial score (nSPS) is 16.0. The zero-order valence-electron chi connectivity index (χ0n) is 11.3. The lowest BCUT2D eigenvalue weighted by molar-refractivity contribution is 0.307. The third-order valence-electron chi connectivity index (χ3n) is 3.87. The van der Waals surface area contributed by atoms with E-state index in [4.69, 9.17) is 4.74 Å². The van der Waals surface area contributed by atoms with Gasteiger partial charge in [0.05, 0.1) is 18.9 Å². The van der Waals surface area contributed by atoms with Gasteiger partial charge in [0.25, 0.3) is 0 Å². The van der Waals surface area contributed by atoms with Gasteiger partial charge in [0.15, 0.2) is 0 Å². The molecule has 20 heavy (non-hydrogen) atoms. The van der Waals surface area contributed by atoms with Gasteiger partial charge in [0.1, 0.15) is 17.0 Å². The van der Waals surface area contributed by atoms with Crippen LogP contribution >= 0.6 is 0 Å². The summed E-state index contributed by atoms with van der Waals surface area (Å²) in [7, 11) is 1.64. The summed E-state index contributed by atoms with van der Waals surface area (Å²) in [6.45, 7) is 0. The van der Waals surface area contributed by atoms with Crippen molar-refractivity contribution >= 4 is 0 Å². The Morgan fingerprint density at radius 3 is 2.80 bits per heavy atom. The van der Waals surface area contributed by atoms with E-state index < -0.39 is 5.41 Å². The van der Waals surface area contributed by atoms with Crippen molar-refractivity contribution in [3.63, 3.8) is 0 Å². The van der Waals surface area contributed by atoms with Gasteiger partial charge in [0, 0.05) is 11.8 Å². The number of aromatic nitrogens is 2. The lowest BCUT2D eigenvalue weighted by Crippen LogP contribution is -2.34. The van der Waals surface area contributed by atoms with Crippen molar-refractivity contribution in [1.29, 1.82) is 5.26 Å². The maximum absolute atomic E-state index is 9.38. The molecule has 0 saturated heterocycles. The molecule has 0 radical (unpaired) electrons. The summed E-state index contributed by atoms with van der Waals surface area (Å²) in [6.07, 6.45) is 4.50. The topological polar surface area (TPSA) is 58.8 Å². The van der Waals surface area contributed by atoms with Gasteiger partial charge in [-0.05, 0) is 37.5 Å². The van der Waals surface area contributed by atoms with Crippen molar-refractivity contribution < 1.29 is 4.74 Å². The van der Waals surface area contributed by atoms with Crippen molar-refractivity contribution in [2.24, 2.45) is 0 Å². The van der Waals surface area contributed by atoms with E-state index in [9.17, 15) is 5.26 Å². The number of benzene rings is 1. The minimum absolute atomic E-state index is 0.477. The number of nitriles is 1. The Morgan fingerprint density at radius 2 is 2.15 bits per heavy atom. The van der Waals surface area contributed by atoms with Crippen molar-refractivity contribution in [2.45, 2.75) is 24.7 Å². The van der Waals surface area contributed by atoms with E-state index in [1.807, 2.05) is 30.3 Å². The molecule has 1 fully saturated rings. The fraction of sp³-hybridized carbons (Fsp3) is 0.312. The Morgan fingerprint density at radius 1 is 1.30 bits per heavy atom. The molecule has 1 aliphatic carbocycles. The molecule has 0 spiro atoms. The first-order valence-corrected chi connectivity index (χ1v) is 6.67. The van der Waals surface area contributed by atoms with Gasteiger partial charge in [-0.25, -0.2) is 9.97 Å². The lowest BCUT2D eigenvalue weighted by atomic mass is 9.69. The van der Waals surface area contributed by atoms with Gasteiger partial charge < -0.3 is 4.74 Å². The molecule has 4 nitrogen and oxygen atoms in total. The monoisotopic (exact) mass is 265 g/mol. The molecule has 0 amide bonds. The quantitative estimate of drug-likeness (QED) is 0.855. The second-order valence-corrected chi connectivity index (χ2v) is 5.04. The van der Waals surface area contributed by atoms with Crippen LogP contribution < -0.4 is 4.74 Å². The molecule has 1 aromatic carbocycles. The molecular weight excluding hydrogens is 250 g/mol. The van der Waals surface area contributed by atoms with Crippen LogP contribution in [-0.4, -0.2) is 17.1 Å². The summed E-state index contributed by atoms with van der Waals surface area (Å²) in [5.74, 6) is 1.44. The molecule has 1 heterocycles. The van der Waals surface area contributed by atoms with Crippen LogP contribution in [0.5, 0.6) is 5.75 Å². The van der Waals surface area contributed by atoms with E-state index in [2.05, 4.69) is 16.0 Å². The van der Waals surface area contributed by atoms with Crippen LogP contribution in [-0.2, 0) is 5.41 Å². The van der Waals surface area contributed by atoms with E-state index in [1.165, 1.54) is 0 Å². The first kappa shape index (κ1) is 12.6. The Hall–Kier alpha value is -2.41. The zero-order valence-corrected chi connectivity index (χ0v) is 11.3. The molecule has 2 aromatic rings. The summed E-state index contributed by atoms with van der Waals surface area (Å²) < 4.78 is 5.23. The van der Waals surface area contributed by atoms with Crippen molar-refractivity contribution in [2.75, 3.05) is 7.11 Å². The van der Waals surface area contributed by atoms with Crippen LogP contribution in [0.1, 0.15) is 25.1 Å². The third-order valence-corrected chi connectivity index (χ3v) is 3.87. The highest BCUT2D eigenvalue weighted by atomic mass is 16.5. The summed E-state index contributed by atoms with van der Waals surface area (Å²) in [5.41, 5.74) is 1.32. The number of rotatable bonds is 3. The summed E-state index contributed by atoms with van der Waals surface area (Å²) in [6, 6.07) is 12.0. The van der Waals surface area contributed by atoms with Crippen LogP contribution in [0.3, 0.4) is 0 Å². The van der Waals surface area contributed by atoms with Crippen molar-refractivity contribution in [3.05, 3.63) is 42.4 Å². The molecule has 0 unspecified atom stereocenters. The Kier molecular flexibility index (Phi) is 3.11. The lowest BCUT2D eigenvalue weighted by Gasteiger charge is -2.33. The highest BCUT2D eigenvalue weighted by Crippen LogP contribution is 2.41. The number of ether oxygens (including phenoxy) is 1. The zero-order chi connectivity index (χ0) is 14.0. The minimum atomic E-state index is -0.477. The highest BCUT2D eigenvalue weighted by molar-refractivity contribution is 5.61. The van der Waals surface area contributed by atoms with E-state index in [1.54, 1.807) is 13.3 Å². The standard InChI is InChI=1S/C16H15N3O/c1-20-13-5-2-4-12(10-13)14-6-9-18-15(19-14)16(11-17)7-3-8-16/h2,4-6,9-10H,3,7-8H2,1H3. The average Bonchev–Trinajstić information content (AvgIpc) is 2.47. The van der Waals surface area contributed by atoms with E-state index in [-0.39, 0.29) is 0 Å². The molecule has 1 aromatic heterocycles. The van der Waals surface area contributed by atoms with Crippen molar-refractivity contribution in [1.82, 2.24) is 9.97 Å². The molecule has 0 bridgehead atoms. The van der Waals surface area contributed by atoms with Gasteiger partial charge >= 0.3 is 0 Å². The van der Waals surface area contributed by atoms with Gasteiger partial charge in [-0.3, -0.25) is 0 Å². The summed E-state index contributed by atoms with van der Waals surface area (Å²) in [5, 5.41) is 9.38. The fourth-order valence-corrected chi connectivity index (χ4v) is 2.45. The van der Waals surface area contributed by atoms with Gasteiger partial charge in [-0.1, -0.05) is 12.1 Å². The molecule has 100 valence electrons. The Balaban J connectivity index is 2.01. The number of methoxy groups -OCH3 is 1. The molecule has 3 rings (SSSR count). The molecule has 1 saturated carbocycles. The van der Waals surface area contributed by atoms with Gasteiger partial charge in [0.2, 0.25) is 0 Å². The molecular formula is C16H15N3O. The average molecular weight is 265 g/mol. The number of hydrogen-bond acceptors (Lipinski definition) is 4. The first-order valence-electron chi connectivity index (χ1n) is 6.67. The number of nitrogens with zero attached hydrogens (tertiary/aromatic N) is 3. The van der Waals surface area contributed by atoms with Crippen LogP contribution in [0, 0.1) is 11.3 Å². The second-order valence-electron chi connectivity index (χ2n) is 5.04. The van der Waals surface area contributed by atoms with Crippen LogP contribution in [0.2, 0.25) is 0 Å². The first-order chi connectivity index (χ1) is 9.77. The highest BCUT2D eigenvalue weighted by Gasteiger charge is 2.41. The molecule has 1 aliphatic rings. The largest absolute Gasteiger partial charge is 0.497 e. The van der Waals surface area contributed by atoms with E-state index in [0.29, 0.717) is 5.82 Å². The SMILES string of the molecule is COc1cccc(-c2ccnc(C3(C#N)CCC3)n2)c1. The number of hydrogen-bond donors (Lipinski definition) is 0. The smallest absolute Gasteiger partial charge is 0.149 e. The van der Waals surface area contributed by atoms with Gasteiger partial charge in [-0.2, -0.15) is 5.26 Å². The maximum atomic E-state index is 9.38. The predicted octanol–water partition coefficient (Wildman–Crippen LogP) is 3.10. The molecule has 0 N–H and O–H groups in total. The fourth-order valence-electron chi connectivity index (χ4n) is 2.45.